The van der Waals surface area contributed by atoms with Crippen molar-refractivity contribution in [1.29, 1.82) is 0 Å². The maximum absolute atomic E-state index is 13.3. The Morgan fingerprint density at radius 2 is 1.76 bits per heavy atom. The minimum atomic E-state index is -4.42. The Hall–Kier alpha value is -1.51. The molecule has 2 aliphatic heterocycles. The lowest BCUT2D eigenvalue weighted by molar-refractivity contribution is -0.137. The number of anilines is 1. The van der Waals surface area contributed by atoms with Crippen molar-refractivity contribution < 1.29 is 17.9 Å². The van der Waals surface area contributed by atoms with Crippen LogP contribution in [0.3, 0.4) is 0 Å². The van der Waals surface area contributed by atoms with Gasteiger partial charge in [-0.05, 0) is 39.0 Å². The fourth-order valence-corrected chi connectivity index (χ4v) is 4.25. The molecule has 8 heteroatoms. The van der Waals surface area contributed by atoms with E-state index in [4.69, 9.17) is 21.9 Å². The van der Waals surface area contributed by atoms with Gasteiger partial charge in [-0.25, -0.2) is 0 Å². The molecule has 2 fully saturated rings. The lowest BCUT2D eigenvalue weighted by Gasteiger charge is -2.38. The first-order valence-electron chi connectivity index (χ1n) is 9.76. The van der Waals surface area contributed by atoms with Crippen LogP contribution in [0.25, 0.3) is 0 Å². The number of benzene rings is 1. The van der Waals surface area contributed by atoms with Gasteiger partial charge >= 0.3 is 6.18 Å². The zero-order valence-corrected chi connectivity index (χ0v) is 18.3. The molecular weight excluding hydrogens is 399 g/mol. The third-order valence-electron chi connectivity index (χ3n) is 5.20. The predicted molar refractivity (Wildman–Crippen MR) is 114 cm³/mol. The van der Waals surface area contributed by atoms with Gasteiger partial charge < -0.3 is 4.74 Å². The molecule has 0 spiro atoms. The van der Waals surface area contributed by atoms with Gasteiger partial charge in [0.05, 0.1) is 35.3 Å². The van der Waals surface area contributed by atoms with Crippen LogP contribution >= 0.6 is 12.2 Å². The molecule has 2 heterocycles. The highest BCUT2D eigenvalue weighted by Gasteiger charge is 2.52. The number of hydrogen-bond acceptors (Lipinski definition) is 4. The summed E-state index contributed by atoms with van der Waals surface area (Å²) < 4.78 is 45.5. The molecular formula is C21H28F3N3OS. The number of aliphatic imine (C=N–C) groups is 1. The van der Waals surface area contributed by atoms with Crippen LogP contribution in [0.4, 0.5) is 18.9 Å². The van der Waals surface area contributed by atoms with E-state index in [1.165, 1.54) is 6.07 Å². The van der Waals surface area contributed by atoms with E-state index < -0.39 is 22.7 Å². The average Bonchev–Trinajstić information content (AvgIpc) is 2.79. The summed E-state index contributed by atoms with van der Waals surface area (Å²) in [4.78, 5) is 9.56. The van der Waals surface area contributed by atoms with Gasteiger partial charge in [0, 0.05) is 24.2 Å². The van der Waals surface area contributed by atoms with Crippen molar-refractivity contribution in [2.45, 2.75) is 52.4 Å². The molecule has 29 heavy (non-hydrogen) atoms. The largest absolute Gasteiger partial charge is 0.416 e. The van der Waals surface area contributed by atoms with Crippen LogP contribution in [-0.4, -0.2) is 53.6 Å². The van der Waals surface area contributed by atoms with Crippen molar-refractivity contribution in [3.63, 3.8) is 0 Å². The second-order valence-corrected chi connectivity index (χ2v) is 9.49. The monoisotopic (exact) mass is 427 g/mol. The van der Waals surface area contributed by atoms with Crippen LogP contribution in [0.15, 0.2) is 29.3 Å². The molecule has 2 aliphatic rings. The number of halogens is 3. The van der Waals surface area contributed by atoms with E-state index in [-0.39, 0.29) is 6.04 Å². The van der Waals surface area contributed by atoms with Gasteiger partial charge in [-0.3, -0.25) is 14.8 Å². The van der Waals surface area contributed by atoms with Crippen LogP contribution in [0.2, 0.25) is 0 Å². The van der Waals surface area contributed by atoms with E-state index in [0.717, 1.165) is 25.2 Å². The summed E-state index contributed by atoms with van der Waals surface area (Å²) in [6.07, 6.45) is -4.42. The van der Waals surface area contributed by atoms with Gasteiger partial charge in [0.25, 0.3) is 0 Å². The van der Waals surface area contributed by atoms with Crippen molar-refractivity contribution in [3.05, 3.63) is 29.8 Å². The Morgan fingerprint density at radius 1 is 1.14 bits per heavy atom. The number of thiocarbonyl (C=S) groups is 1. The average molecular weight is 428 g/mol. The normalized spacial score (nSPS) is 25.1. The van der Waals surface area contributed by atoms with Gasteiger partial charge in [0.15, 0.2) is 0 Å². The summed E-state index contributed by atoms with van der Waals surface area (Å²) in [5, 5.41) is 0. The zero-order valence-electron chi connectivity index (χ0n) is 17.5. The molecule has 3 rings (SSSR count). The first-order chi connectivity index (χ1) is 13.3. The summed E-state index contributed by atoms with van der Waals surface area (Å²) >= 11 is 5.81. The summed E-state index contributed by atoms with van der Waals surface area (Å²) in [6, 6.07) is 5.19. The molecule has 0 amide bonds. The van der Waals surface area contributed by atoms with Gasteiger partial charge in [0.1, 0.15) is 5.84 Å². The molecule has 0 radical (unpaired) electrons. The van der Waals surface area contributed by atoms with E-state index in [2.05, 4.69) is 4.90 Å². The van der Waals surface area contributed by atoms with Crippen LogP contribution in [0.1, 0.15) is 40.2 Å². The molecule has 0 aliphatic carbocycles. The number of nitrogens with zero attached hydrogens (tertiary/aromatic N) is 3. The fourth-order valence-electron chi connectivity index (χ4n) is 3.94. The summed E-state index contributed by atoms with van der Waals surface area (Å²) in [7, 11) is 0. The number of amidine groups is 1. The molecule has 1 aromatic rings. The SMILES string of the molecule is CC(C)(C)N=C1[C@H](N2CCOCC2)C(C)(C)C(=S)N1c1cccc(C(F)(F)F)c1. The van der Waals surface area contributed by atoms with Crippen LogP contribution < -0.4 is 4.90 Å². The summed E-state index contributed by atoms with van der Waals surface area (Å²) in [6.45, 7) is 12.7. The van der Waals surface area contributed by atoms with E-state index >= 15 is 0 Å². The van der Waals surface area contributed by atoms with Crippen LogP contribution in [0, 0.1) is 5.41 Å². The van der Waals surface area contributed by atoms with Crippen LogP contribution in [0.5, 0.6) is 0 Å². The second-order valence-electron chi connectivity index (χ2n) is 9.10. The maximum atomic E-state index is 13.3. The Kier molecular flexibility index (Phi) is 5.84. The van der Waals surface area contributed by atoms with Crippen LogP contribution in [-0.2, 0) is 10.9 Å². The highest BCUT2D eigenvalue weighted by molar-refractivity contribution is 7.80. The Morgan fingerprint density at radius 3 is 2.31 bits per heavy atom. The minimum Gasteiger partial charge on any atom is -0.379 e. The third-order valence-corrected chi connectivity index (χ3v) is 5.91. The molecule has 4 nitrogen and oxygen atoms in total. The number of morpholine rings is 1. The van der Waals surface area contributed by atoms with Crippen molar-refractivity contribution >= 4 is 28.7 Å². The number of ether oxygens (including phenoxy) is 1. The smallest absolute Gasteiger partial charge is 0.379 e. The van der Waals surface area contributed by atoms with E-state index in [9.17, 15) is 13.2 Å². The quantitative estimate of drug-likeness (QED) is 0.635. The molecule has 0 unspecified atom stereocenters. The van der Waals surface area contributed by atoms with Gasteiger partial charge in [0.2, 0.25) is 0 Å². The summed E-state index contributed by atoms with van der Waals surface area (Å²) in [5.74, 6) is 0.703. The highest BCUT2D eigenvalue weighted by atomic mass is 32.1. The van der Waals surface area contributed by atoms with Gasteiger partial charge in [-0.2, -0.15) is 13.2 Å². The Bertz CT molecular complexity index is 808. The molecule has 0 N–H and O–H groups in total. The van der Waals surface area contributed by atoms with E-state index in [0.29, 0.717) is 29.7 Å². The molecule has 1 atom stereocenters. The topological polar surface area (TPSA) is 28.1 Å². The standard InChI is InChI=1S/C21H28F3N3OS/c1-19(2,3)25-17-16(26-9-11-28-12-10-26)20(4,5)18(29)27(17)15-8-6-7-14(13-15)21(22,23)24/h6-8,13,16H,9-12H2,1-5H3/t16-/m0/s1. The van der Waals surface area contributed by atoms with Crippen molar-refractivity contribution in [2.75, 3.05) is 31.2 Å². The molecule has 0 aromatic heterocycles. The number of alkyl halides is 3. The first-order valence-corrected chi connectivity index (χ1v) is 10.2. The lowest BCUT2D eigenvalue weighted by atomic mass is 9.85. The first kappa shape index (κ1) is 22.2. The molecule has 160 valence electrons. The molecule has 1 aromatic carbocycles. The van der Waals surface area contributed by atoms with E-state index in [1.54, 1.807) is 11.0 Å². The fraction of sp³-hybridized carbons (Fsp3) is 0.619. The Labute approximate surface area is 175 Å². The maximum Gasteiger partial charge on any atom is 0.416 e. The second kappa shape index (κ2) is 7.63. The Balaban J connectivity index is 2.15. The lowest BCUT2D eigenvalue weighted by Crippen LogP contribution is -2.52. The highest BCUT2D eigenvalue weighted by Crippen LogP contribution is 2.42. The third kappa shape index (κ3) is 4.49. The summed E-state index contributed by atoms with van der Waals surface area (Å²) in [5.41, 5.74) is -1.17. The van der Waals surface area contributed by atoms with E-state index in [1.807, 2.05) is 34.6 Å². The van der Waals surface area contributed by atoms with Gasteiger partial charge in [-0.15, -0.1) is 0 Å². The predicted octanol–water partition coefficient (Wildman–Crippen LogP) is 4.78. The minimum absolute atomic E-state index is 0.132. The number of rotatable bonds is 2. The molecule has 0 bridgehead atoms. The number of hydrogen-bond donors (Lipinski definition) is 0. The molecule has 2 saturated heterocycles. The van der Waals surface area contributed by atoms with Gasteiger partial charge in [-0.1, -0.05) is 32.1 Å². The zero-order chi connectivity index (χ0) is 21.6. The van der Waals surface area contributed by atoms with Crippen molar-refractivity contribution in [3.8, 4) is 0 Å². The van der Waals surface area contributed by atoms with Crippen molar-refractivity contribution in [1.82, 2.24) is 4.90 Å². The molecule has 0 saturated carbocycles. The van der Waals surface area contributed by atoms with Crippen molar-refractivity contribution in [2.24, 2.45) is 10.4 Å².